The summed E-state index contributed by atoms with van der Waals surface area (Å²) in [5.74, 6) is -1.45. The van der Waals surface area contributed by atoms with Crippen molar-refractivity contribution in [2.75, 3.05) is 11.9 Å². The highest BCUT2D eigenvalue weighted by molar-refractivity contribution is 5.99. The minimum absolute atomic E-state index is 0.0783. The molecule has 1 fully saturated rings. The first-order chi connectivity index (χ1) is 13.3. The first-order valence-electron chi connectivity index (χ1n) is 9.10. The molecule has 28 heavy (non-hydrogen) atoms. The van der Waals surface area contributed by atoms with E-state index in [-0.39, 0.29) is 11.6 Å². The van der Waals surface area contributed by atoms with Crippen LogP contribution in [0.5, 0.6) is 0 Å². The van der Waals surface area contributed by atoms with Gasteiger partial charge in [-0.3, -0.25) is 9.59 Å². The standard InChI is InChI=1S/C21H21F3N2O2/c1-2-26(13-14-7-4-3-5-8-14)20(28)18-12-17(18)19(27)25-16-10-6-9-15(11-16)21(22,23)24/h3-11,17-18H,2,12-13H2,1H3,(H,25,27). The molecule has 0 bridgehead atoms. The highest BCUT2D eigenvalue weighted by Gasteiger charge is 2.49. The number of carbonyl (C=O) groups excluding carboxylic acids is 2. The molecule has 3 rings (SSSR count). The van der Waals surface area contributed by atoms with E-state index in [9.17, 15) is 22.8 Å². The van der Waals surface area contributed by atoms with Crippen LogP contribution in [0, 0.1) is 11.8 Å². The molecule has 0 heterocycles. The molecule has 1 N–H and O–H groups in total. The average Bonchev–Trinajstić information content (AvgIpc) is 3.47. The molecule has 0 aliphatic heterocycles. The van der Waals surface area contributed by atoms with Gasteiger partial charge in [-0.2, -0.15) is 13.2 Å². The molecule has 0 aromatic heterocycles. The molecular formula is C21H21F3N2O2. The Balaban J connectivity index is 1.59. The van der Waals surface area contributed by atoms with Crippen LogP contribution >= 0.6 is 0 Å². The largest absolute Gasteiger partial charge is 0.416 e. The van der Waals surface area contributed by atoms with Gasteiger partial charge in [0.1, 0.15) is 0 Å². The summed E-state index contributed by atoms with van der Waals surface area (Å²) in [4.78, 5) is 26.7. The molecule has 2 atom stereocenters. The molecule has 2 unspecified atom stereocenters. The Kier molecular flexibility index (Phi) is 5.72. The highest BCUT2D eigenvalue weighted by Crippen LogP contribution is 2.41. The molecule has 2 amide bonds. The van der Waals surface area contributed by atoms with Crippen molar-refractivity contribution in [2.24, 2.45) is 11.8 Å². The van der Waals surface area contributed by atoms with Crippen molar-refractivity contribution in [3.05, 3.63) is 65.7 Å². The van der Waals surface area contributed by atoms with Crippen LogP contribution < -0.4 is 5.32 Å². The van der Waals surface area contributed by atoms with Crippen LogP contribution in [0.25, 0.3) is 0 Å². The van der Waals surface area contributed by atoms with Crippen molar-refractivity contribution in [3.8, 4) is 0 Å². The Labute approximate surface area is 161 Å². The second-order valence-corrected chi connectivity index (χ2v) is 6.85. The lowest BCUT2D eigenvalue weighted by Crippen LogP contribution is -2.33. The maximum atomic E-state index is 12.8. The van der Waals surface area contributed by atoms with Crippen LogP contribution in [-0.4, -0.2) is 23.3 Å². The maximum absolute atomic E-state index is 12.8. The van der Waals surface area contributed by atoms with E-state index in [0.717, 1.165) is 17.7 Å². The minimum atomic E-state index is -4.47. The summed E-state index contributed by atoms with van der Waals surface area (Å²) in [6, 6.07) is 14.0. The van der Waals surface area contributed by atoms with Crippen molar-refractivity contribution in [3.63, 3.8) is 0 Å². The van der Waals surface area contributed by atoms with Gasteiger partial charge >= 0.3 is 6.18 Å². The van der Waals surface area contributed by atoms with Crippen molar-refractivity contribution in [1.82, 2.24) is 4.90 Å². The lowest BCUT2D eigenvalue weighted by atomic mass is 10.1. The predicted molar refractivity (Wildman–Crippen MR) is 99.2 cm³/mol. The monoisotopic (exact) mass is 390 g/mol. The lowest BCUT2D eigenvalue weighted by molar-refractivity contribution is -0.137. The summed E-state index contributed by atoms with van der Waals surface area (Å²) in [6.45, 7) is 2.86. The van der Waals surface area contributed by atoms with Gasteiger partial charge in [-0.05, 0) is 37.1 Å². The van der Waals surface area contributed by atoms with E-state index in [1.807, 2.05) is 37.3 Å². The normalized spacial score (nSPS) is 18.4. The number of anilines is 1. The summed E-state index contributed by atoms with van der Waals surface area (Å²) in [6.07, 6.45) is -4.06. The highest BCUT2D eigenvalue weighted by atomic mass is 19.4. The van der Waals surface area contributed by atoms with Gasteiger partial charge in [-0.1, -0.05) is 36.4 Å². The van der Waals surface area contributed by atoms with Gasteiger partial charge < -0.3 is 10.2 Å². The molecule has 0 radical (unpaired) electrons. The molecule has 7 heteroatoms. The van der Waals surface area contributed by atoms with Gasteiger partial charge in [0.05, 0.1) is 17.4 Å². The number of hydrogen-bond donors (Lipinski definition) is 1. The predicted octanol–water partition coefficient (Wildman–Crippen LogP) is 4.33. The van der Waals surface area contributed by atoms with Crippen molar-refractivity contribution in [2.45, 2.75) is 26.1 Å². The van der Waals surface area contributed by atoms with E-state index in [2.05, 4.69) is 5.32 Å². The zero-order chi connectivity index (χ0) is 20.3. The molecule has 0 saturated heterocycles. The Morgan fingerprint density at radius 1 is 1.07 bits per heavy atom. The summed E-state index contributed by atoms with van der Waals surface area (Å²) < 4.78 is 38.4. The number of alkyl halides is 3. The lowest BCUT2D eigenvalue weighted by Gasteiger charge is -2.21. The zero-order valence-corrected chi connectivity index (χ0v) is 15.4. The van der Waals surface area contributed by atoms with Crippen LogP contribution in [0.2, 0.25) is 0 Å². The topological polar surface area (TPSA) is 49.4 Å². The van der Waals surface area contributed by atoms with Crippen LogP contribution in [0.4, 0.5) is 18.9 Å². The van der Waals surface area contributed by atoms with Crippen LogP contribution in [0.15, 0.2) is 54.6 Å². The van der Waals surface area contributed by atoms with E-state index in [1.165, 1.54) is 12.1 Å². The number of halogens is 3. The van der Waals surface area contributed by atoms with Gasteiger partial charge in [0.2, 0.25) is 11.8 Å². The summed E-state index contributed by atoms with van der Waals surface area (Å²) in [5, 5.41) is 2.50. The summed E-state index contributed by atoms with van der Waals surface area (Å²) >= 11 is 0. The van der Waals surface area contributed by atoms with Crippen LogP contribution in [0.3, 0.4) is 0 Å². The Bertz CT molecular complexity index is 852. The fourth-order valence-electron chi connectivity index (χ4n) is 3.15. The molecule has 1 aliphatic carbocycles. The van der Waals surface area contributed by atoms with Crippen LogP contribution in [0.1, 0.15) is 24.5 Å². The zero-order valence-electron chi connectivity index (χ0n) is 15.4. The van der Waals surface area contributed by atoms with E-state index >= 15 is 0 Å². The molecule has 2 aromatic rings. The number of carbonyl (C=O) groups is 2. The Morgan fingerprint density at radius 3 is 2.43 bits per heavy atom. The first-order valence-corrected chi connectivity index (χ1v) is 9.10. The number of nitrogens with one attached hydrogen (secondary N) is 1. The fourth-order valence-corrected chi connectivity index (χ4v) is 3.15. The fraction of sp³-hybridized carbons (Fsp3) is 0.333. The van der Waals surface area contributed by atoms with Gasteiger partial charge in [0.15, 0.2) is 0 Å². The molecule has 0 spiro atoms. The molecule has 148 valence electrons. The third-order valence-electron chi connectivity index (χ3n) is 4.81. The summed E-state index contributed by atoms with van der Waals surface area (Å²) in [5.41, 5.74) is 0.256. The van der Waals surface area contributed by atoms with E-state index < -0.39 is 29.5 Å². The molecule has 1 aliphatic rings. The number of benzene rings is 2. The average molecular weight is 390 g/mol. The van der Waals surface area contributed by atoms with E-state index in [1.54, 1.807) is 4.90 Å². The van der Waals surface area contributed by atoms with Gasteiger partial charge in [-0.25, -0.2) is 0 Å². The van der Waals surface area contributed by atoms with Crippen molar-refractivity contribution >= 4 is 17.5 Å². The van der Waals surface area contributed by atoms with Gasteiger partial charge in [0.25, 0.3) is 0 Å². The third-order valence-corrected chi connectivity index (χ3v) is 4.81. The minimum Gasteiger partial charge on any atom is -0.338 e. The second kappa shape index (κ2) is 8.04. The van der Waals surface area contributed by atoms with E-state index in [4.69, 9.17) is 0 Å². The smallest absolute Gasteiger partial charge is 0.338 e. The van der Waals surface area contributed by atoms with Gasteiger partial charge in [0, 0.05) is 18.8 Å². The Hall–Kier alpha value is -2.83. The van der Waals surface area contributed by atoms with E-state index in [0.29, 0.717) is 19.5 Å². The molecule has 4 nitrogen and oxygen atoms in total. The second-order valence-electron chi connectivity index (χ2n) is 6.85. The SMILES string of the molecule is CCN(Cc1ccccc1)C(=O)C1CC1C(=O)Nc1cccc(C(F)(F)F)c1. The number of amides is 2. The van der Waals surface area contributed by atoms with Crippen molar-refractivity contribution in [1.29, 1.82) is 0 Å². The first kappa shape index (κ1) is 19.9. The molecular weight excluding hydrogens is 369 g/mol. The van der Waals surface area contributed by atoms with Crippen molar-refractivity contribution < 1.29 is 22.8 Å². The van der Waals surface area contributed by atoms with Gasteiger partial charge in [-0.15, -0.1) is 0 Å². The number of nitrogens with zero attached hydrogens (tertiary/aromatic N) is 1. The number of hydrogen-bond acceptors (Lipinski definition) is 2. The summed E-state index contributed by atoms with van der Waals surface area (Å²) in [7, 11) is 0. The quantitative estimate of drug-likeness (QED) is 0.798. The third kappa shape index (κ3) is 4.71. The molecule has 1 saturated carbocycles. The van der Waals surface area contributed by atoms with Crippen LogP contribution in [-0.2, 0) is 22.3 Å². The molecule has 2 aromatic carbocycles. The maximum Gasteiger partial charge on any atom is 0.416 e. The number of rotatable bonds is 6. The Morgan fingerprint density at radius 2 is 1.79 bits per heavy atom.